The molecule has 112 valence electrons. The molecular weight excluding hydrogens is 327 g/mol. The van der Waals surface area contributed by atoms with Gasteiger partial charge in [0.15, 0.2) is 0 Å². The molecule has 1 fully saturated rings. The number of rotatable bonds is 5. The summed E-state index contributed by atoms with van der Waals surface area (Å²) in [4.78, 5) is 2.12. The molecule has 6 heteroatoms. The van der Waals surface area contributed by atoms with Crippen molar-refractivity contribution in [1.29, 1.82) is 0 Å². The molecule has 0 saturated carbocycles. The quantitative estimate of drug-likeness (QED) is 0.884. The Morgan fingerprint density at radius 2 is 1.95 bits per heavy atom. The monoisotopic (exact) mass is 346 g/mol. The fraction of sp³-hybridized carbons (Fsp3) is 0.571. The molecule has 2 rings (SSSR count). The Hall–Kier alpha value is -0.530. The van der Waals surface area contributed by atoms with Crippen molar-refractivity contribution in [2.24, 2.45) is 5.73 Å². The van der Waals surface area contributed by atoms with Crippen molar-refractivity contribution in [1.82, 2.24) is 4.90 Å². The predicted octanol–water partition coefficient (Wildman–Crippen LogP) is 1.93. The van der Waals surface area contributed by atoms with Crippen LogP contribution in [0.4, 0.5) is 4.39 Å². The summed E-state index contributed by atoms with van der Waals surface area (Å²) in [6, 6.07) is 4.91. The van der Waals surface area contributed by atoms with Crippen molar-refractivity contribution in [2.45, 2.75) is 18.2 Å². The summed E-state index contributed by atoms with van der Waals surface area (Å²) in [6.07, 6.45) is -0.0138. The van der Waals surface area contributed by atoms with Gasteiger partial charge in [-0.25, -0.2) is 4.39 Å². The van der Waals surface area contributed by atoms with Gasteiger partial charge in [-0.05, 0) is 12.1 Å². The first kappa shape index (κ1) is 15.9. The van der Waals surface area contributed by atoms with Crippen molar-refractivity contribution in [3.05, 3.63) is 34.1 Å². The average molecular weight is 347 g/mol. The molecule has 1 aliphatic rings. The third-order valence-corrected chi connectivity index (χ3v) is 4.33. The zero-order valence-corrected chi connectivity index (χ0v) is 13.3. The molecule has 0 amide bonds. The zero-order chi connectivity index (χ0) is 14.7. The Morgan fingerprint density at radius 1 is 1.35 bits per heavy atom. The Bertz CT molecular complexity index is 449. The van der Waals surface area contributed by atoms with Gasteiger partial charge in [0.2, 0.25) is 0 Å². The van der Waals surface area contributed by atoms with E-state index >= 15 is 0 Å². The van der Waals surface area contributed by atoms with E-state index in [9.17, 15) is 4.39 Å². The topological polar surface area (TPSA) is 47.7 Å². The highest BCUT2D eigenvalue weighted by atomic mass is 79.9. The molecule has 0 aromatic heterocycles. The van der Waals surface area contributed by atoms with Crippen LogP contribution in [0.3, 0.4) is 0 Å². The molecule has 1 aliphatic heterocycles. The van der Waals surface area contributed by atoms with E-state index in [0.717, 1.165) is 4.47 Å². The zero-order valence-electron chi connectivity index (χ0n) is 11.7. The summed E-state index contributed by atoms with van der Waals surface area (Å²) in [6.45, 7) is 1.73. The van der Waals surface area contributed by atoms with Gasteiger partial charge in [0.05, 0.1) is 18.2 Å². The summed E-state index contributed by atoms with van der Waals surface area (Å²) in [5.74, 6) is -0.246. The van der Waals surface area contributed by atoms with E-state index in [4.69, 9.17) is 15.2 Å². The molecule has 1 aromatic rings. The number of methoxy groups -OCH3 is 2. The molecule has 20 heavy (non-hydrogen) atoms. The first-order chi connectivity index (χ1) is 9.60. The van der Waals surface area contributed by atoms with Crippen LogP contribution in [-0.4, -0.2) is 51.0 Å². The first-order valence-corrected chi connectivity index (χ1v) is 7.34. The SMILES string of the molecule is COC1CN(C(CN)c2ccc(Br)cc2F)CC1OC. The second-order valence-corrected chi connectivity index (χ2v) is 5.84. The summed E-state index contributed by atoms with van der Waals surface area (Å²) in [5.41, 5.74) is 6.48. The van der Waals surface area contributed by atoms with Gasteiger partial charge in [-0.15, -0.1) is 0 Å². The maximum absolute atomic E-state index is 14.1. The lowest BCUT2D eigenvalue weighted by Gasteiger charge is -2.27. The van der Waals surface area contributed by atoms with Crippen molar-refractivity contribution >= 4 is 15.9 Å². The Labute approximate surface area is 127 Å². The van der Waals surface area contributed by atoms with Crippen molar-refractivity contribution in [3.63, 3.8) is 0 Å². The van der Waals surface area contributed by atoms with Crippen molar-refractivity contribution < 1.29 is 13.9 Å². The maximum atomic E-state index is 14.1. The number of benzene rings is 1. The van der Waals surface area contributed by atoms with Gasteiger partial charge >= 0.3 is 0 Å². The van der Waals surface area contributed by atoms with Crippen LogP contribution >= 0.6 is 15.9 Å². The Balaban J connectivity index is 2.20. The van der Waals surface area contributed by atoms with Crippen LogP contribution in [-0.2, 0) is 9.47 Å². The van der Waals surface area contributed by atoms with Gasteiger partial charge in [0.25, 0.3) is 0 Å². The summed E-state index contributed by atoms with van der Waals surface area (Å²) >= 11 is 3.27. The molecule has 1 heterocycles. The van der Waals surface area contributed by atoms with E-state index in [1.54, 1.807) is 20.3 Å². The Kier molecular flexibility index (Phi) is 5.51. The van der Waals surface area contributed by atoms with E-state index in [1.165, 1.54) is 6.07 Å². The van der Waals surface area contributed by atoms with E-state index in [0.29, 0.717) is 25.2 Å². The minimum absolute atomic E-state index is 0.00689. The molecule has 0 spiro atoms. The largest absolute Gasteiger partial charge is 0.377 e. The first-order valence-electron chi connectivity index (χ1n) is 6.55. The average Bonchev–Trinajstić information content (AvgIpc) is 2.85. The summed E-state index contributed by atoms with van der Waals surface area (Å²) < 4.78 is 25.7. The normalized spacial score (nSPS) is 25.1. The van der Waals surface area contributed by atoms with Gasteiger partial charge in [-0.3, -0.25) is 4.90 Å². The van der Waals surface area contributed by atoms with Crippen LogP contribution in [0, 0.1) is 5.82 Å². The Morgan fingerprint density at radius 3 is 2.40 bits per heavy atom. The number of hydrogen-bond acceptors (Lipinski definition) is 4. The van der Waals surface area contributed by atoms with Crippen LogP contribution in [0.5, 0.6) is 0 Å². The van der Waals surface area contributed by atoms with Gasteiger partial charge < -0.3 is 15.2 Å². The number of nitrogens with two attached hydrogens (primary N) is 1. The van der Waals surface area contributed by atoms with Crippen LogP contribution in [0.15, 0.2) is 22.7 Å². The highest BCUT2D eigenvalue weighted by Gasteiger charge is 2.37. The molecule has 0 aliphatic carbocycles. The van der Waals surface area contributed by atoms with Crippen LogP contribution in [0.1, 0.15) is 11.6 Å². The van der Waals surface area contributed by atoms with Crippen LogP contribution in [0.2, 0.25) is 0 Å². The maximum Gasteiger partial charge on any atom is 0.129 e. The second-order valence-electron chi connectivity index (χ2n) is 4.92. The summed E-state index contributed by atoms with van der Waals surface area (Å²) in [7, 11) is 3.33. The molecule has 2 N–H and O–H groups in total. The third-order valence-electron chi connectivity index (χ3n) is 3.83. The molecule has 1 saturated heterocycles. The van der Waals surface area contributed by atoms with E-state index in [2.05, 4.69) is 20.8 Å². The second kappa shape index (κ2) is 6.95. The molecule has 3 unspecified atom stereocenters. The van der Waals surface area contributed by atoms with Gasteiger partial charge in [0.1, 0.15) is 5.82 Å². The standard InChI is InChI=1S/C14H20BrFN2O2/c1-19-13-7-18(8-14(13)20-2)12(6-17)10-4-3-9(15)5-11(10)16/h3-5,12-14H,6-8,17H2,1-2H3. The fourth-order valence-electron chi connectivity index (χ4n) is 2.72. The van der Waals surface area contributed by atoms with E-state index < -0.39 is 0 Å². The molecule has 3 atom stereocenters. The molecule has 4 nitrogen and oxygen atoms in total. The number of halogens is 2. The van der Waals surface area contributed by atoms with Crippen LogP contribution in [0.25, 0.3) is 0 Å². The lowest BCUT2D eigenvalue weighted by atomic mass is 10.1. The van der Waals surface area contributed by atoms with Crippen LogP contribution < -0.4 is 5.73 Å². The highest BCUT2D eigenvalue weighted by Crippen LogP contribution is 2.29. The molecule has 0 radical (unpaired) electrons. The van der Waals surface area contributed by atoms with Crippen molar-refractivity contribution in [2.75, 3.05) is 33.9 Å². The summed E-state index contributed by atoms with van der Waals surface area (Å²) in [5, 5.41) is 0. The smallest absolute Gasteiger partial charge is 0.129 e. The molecule has 1 aromatic carbocycles. The lowest BCUT2D eigenvalue weighted by molar-refractivity contribution is -0.00461. The number of ether oxygens (including phenoxy) is 2. The minimum atomic E-state index is -0.246. The van der Waals surface area contributed by atoms with Gasteiger partial charge in [-0.1, -0.05) is 22.0 Å². The van der Waals surface area contributed by atoms with E-state index in [-0.39, 0.29) is 24.1 Å². The van der Waals surface area contributed by atoms with E-state index in [1.807, 2.05) is 6.07 Å². The number of likely N-dealkylation sites (tertiary alicyclic amines) is 1. The predicted molar refractivity (Wildman–Crippen MR) is 79.1 cm³/mol. The third kappa shape index (κ3) is 3.20. The fourth-order valence-corrected chi connectivity index (χ4v) is 3.06. The highest BCUT2D eigenvalue weighted by molar-refractivity contribution is 9.10. The molecular formula is C14H20BrFN2O2. The van der Waals surface area contributed by atoms with Gasteiger partial charge in [0, 0.05) is 43.9 Å². The number of hydrogen-bond donors (Lipinski definition) is 1. The van der Waals surface area contributed by atoms with Crippen molar-refractivity contribution in [3.8, 4) is 0 Å². The number of nitrogens with zero attached hydrogens (tertiary/aromatic N) is 1. The lowest BCUT2D eigenvalue weighted by Crippen LogP contribution is -2.33. The molecule has 0 bridgehead atoms. The van der Waals surface area contributed by atoms with Gasteiger partial charge in [-0.2, -0.15) is 0 Å². The minimum Gasteiger partial charge on any atom is -0.377 e.